The number of anilines is 1. The predicted octanol–water partition coefficient (Wildman–Crippen LogP) is 2.37. The quantitative estimate of drug-likeness (QED) is 0.641. The molecule has 0 aliphatic carbocycles. The molecule has 4 rings (SSSR count). The van der Waals surface area contributed by atoms with Gasteiger partial charge in [-0.15, -0.1) is 0 Å². The van der Waals surface area contributed by atoms with E-state index in [2.05, 4.69) is 5.32 Å². The number of carboxylic acids is 1. The predicted molar refractivity (Wildman–Crippen MR) is 118 cm³/mol. The monoisotopic (exact) mass is 472 g/mol. The van der Waals surface area contributed by atoms with Gasteiger partial charge in [0.25, 0.3) is 5.91 Å². The van der Waals surface area contributed by atoms with E-state index in [0.29, 0.717) is 23.8 Å². The van der Waals surface area contributed by atoms with Crippen LogP contribution < -0.4 is 10.2 Å². The van der Waals surface area contributed by atoms with Crippen molar-refractivity contribution in [1.82, 2.24) is 15.3 Å². The van der Waals surface area contributed by atoms with Gasteiger partial charge in [0.1, 0.15) is 6.04 Å². The molecule has 4 amide bonds. The van der Waals surface area contributed by atoms with Crippen molar-refractivity contribution in [3.8, 4) is 0 Å². The van der Waals surface area contributed by atoms with Gasteiger partial charge in [-0.25, -0.2) is 14.4 Å². The highest BCUT2D eigenvalue weighted by atomic mass is 35.5. The Morgan fingerprint density at radius 3 is 2.39 bits per heavy atom. The van der Waals surface area contributed by atoms with Crippen molar-refractivity contribution in [3.63, 3.8) is 0 Å². The summed E-state index contributed by atoms with van der Waals surface area (Å²) in [6.07, 6.45) is -0.530. The van der Waals surface area contributed by atoms with Crippen LogP contribution >= 0.6 is 11.6 Å². The first-order valence-electron chi connectivity index (χ1n) is 10.3. The van der Waals surface area contributed by atoms with Gasteiger partial charge in [-0.2, -0.15) is 0 Å². The molecule has 2 aliphatic rings. The molecule has 0 aromatic heterocycles. The third-order valence-corrected chi connectivity index (χ3v) is 5.92. The number of hydrogen-bond acceptors (Lipinski definition) is 6. The first-order valence-corrected chi connectivity index (χ1v) is 10.6. The maximum absolute atomic E-state index is 12.6. The highest BCUT2D eigenvalue weighted by Gasteiger charge is 2.42. The maximum atomic E-state index is 12.6. The number of nitrogens with zero attached hydrogens (tertiary/aromatic N) is 3. The standard InChI is InChI=1S/C22H21ClN4O6/c23-18-15(20(29)30)7-4-8-17(18)25-9-11-26(12-10-25)22(32)33-27-19(28)16(24-21(27)31)13-14-5-2-1-3-6-14/h1-8,16H,9-13H2,(H,24,31)(H,29,30)/t16-/m0/s1. The molecule has 11 heteroatoms. The summed E-state index contributed by atoms with van der Waals surface area (Å²) in [5, 5.41) is 12.4. The number of rotatable bonds is 5. The summed E-state index contributed by atoms with van der Waals surface area (Å²) in [6.45, 7) is 1.22. The van der Waals surface area contributed by atoms with E-state index in [1.54, 1.807) is 12.1 Å². The fraction of sp³-hybridized carbons (Fsp3) is 0.273. The first kappa shape index (κ1) is 22.4. The number of urea groups is 1. The molecule has 2 aliphatic heterocycles. The number of piperazine rings is 1. The van der Waals surface area contributed by atoms with Gasteiger partial charge in [0.05, 0.1) is 16.3 Å². The highest BCUT2D eigenvalue weighted by Crippen LogP contribution is 2.30. The summed E-state index contributed by atoms with van der Waals surface area (Å²) in [5.74, 6) is -1.75. The molecule has 2 aromatic rings. The number of nitrogens with one attached hydrogen (secondary N) is 1. The summed E-state index contributed by atoms with van der Waals surface area (Å²) in [6, 6.07) is 12.3. The van der Waals surface area contributed by atoms with Crippen molar-refractivity contribution in [2.24, 2.45) is 0 Å². The van der Waals surface area contributed by atoms with Crippen molar-refractivity contribution < 1.29 is 29.1 Å². The third-order valence-electron chi connectivity index (χ3n) is 5.52. The van der Waals surface area contributed by atoms with Crippen LogP contribution in [0.15, 0.2) is 48.5 Å². The molecule has 2 N–H and O–H groups in total. The van der Waals surface area contributed by atoms with Crippen LogP contribution in [0.5, 0.6) is 0 Å². The number of hydroxylamine groups is 2. The number of hydrogen-bond donors (Lipinski definition) is 2. The van der Waals surface area contributed by atoms with Gasteiger partial charge in [0.2, 0.25) is 0 Å². The second kappa shape index (κ2) is 9.37. The van der Waals surface area contributed by atoms with Crippen molar-refractivity contribution in [3.05, 3.63) is 64.7 Å². The van der Waals surface area contributed by atoms with Gasteiger partial charge < -0.3 is 25.1 Å². The molecule has 33 heavy (non-hydrogen) atoms. The normalized spacial score (nSPS) is 18.3. The number of aromatic carboxylic acids is 1. The van der Waals surface area contributed by atoms with E-state index in [0.717, 1.165) is 5.56 Å². The topological polar surface area (TPSA) is 119 Å². The molecular formula is C22H21ClN4O6. The molecule has 0 radical (unpaired) electrons. The molecule has 0 bridgehead atoms. The molecular weight excluding hydrogens is 452 g/mol. The Balaban J connectivity index is 1.34. The fourth-order valence-electron chi connectivity index (χ4n) is 3.78. The van der Waals surface area contributed by atoms with Crippen LogP contribution in [-0.2, 0) is 16.1 Å². The lowest BCUT2D eigenvalue weighted by atomic mass is 10.1. The van der Waals surface area contributed by atoms with Crippen LogP contribution in [0.3, 0.4) is 0 Å². The van der Waals surface area contributed by atoms with Crippen molar-refractivity contribution in [2.45, 2.75) is 12.5 Å². The fourth-order valence-corrected chi connectivity index (χ4v) is 4.11. The average molecular weight is 473 g/mol. The average Bonchev–Trinajstić information content (AvgIpc) is 3.07. The molecule has 172 valence electrons. The summed E-state index contributed by atoms with van der Waals surface area (Å²) in [7, 11) is 0. The molecule has 1 atom stereocenters. The van der Waals surface area contributed by atoms with E-state index >= 15 is 0 Å². The van der Waals surface area contributed by atoms with Gasteiger partial charge in [-0.1, -0.05) is 53.1 Å². The lowest BCUT2D eigenvalue weighted by Crippen LogP contribution is -2.50. The molecule has 2 aromatic carbocycles. The Hall–Kier alpha value is -3.79. The van der Waals surface area contributed by atoms with Crippen LogP contribution in [0, 0.1) is 0 Å². The molecule has 10 nitrogen and oxygen atoms in total. The number of carbonyl (C=O) groups is 4. The van der Waals surface area contributed by atoms with E-state index < -0.39 is 30.0 Å². The Morgan fingerprint density at radius 1 is 1.03 bits per heavy atom. The Bertz CT molecular complexity index is 1090. The number of halogens is 1. The van der Waals surface area contributed by atoms with Crippen molar-refractivity contribution >= 4 is 41.3 Å². The zero-order valence-electron chi connectivity index (χ0n) is 17.4. The van der Waals surface area contributed by atoms with Crippen LogP contribution in [0.25, 0.3) is 0 Å². The van der Waals surface area contributed by atoms with E-state index in [1.807, 2.05) is 35.2 Å². The van der Waals surface area contributed by atoms with Gasteiger partial charge >= 0.3 is 18.1 Å². The van der Waals surface area contributed by atoms with Crippen molar-refractivity contribution in [1.29, 1.82) is 0 Å². The number of carbonyl (C=O) groups excluding carboxylic acids is 3. The summed E-state index contributed by atoms with van der Waals surface area (Å²) >= 11 is 6.24. The zero-order valence-corrected chi connectivity index (χ0v) is 18.2. The minimum absolute atomic E-state index is 0.000351. The van der Waals surface area contributed by atoms with Crippen LogP contribution in [0.1, 0.15) is 15.9 Å². The smallest absolute Gasteiger partial charge is 0.434 e. The van der Waals surface area contributed by atoms with Crippen LogP contribution in [0.4, 0.5) is 15.3 Å². The van der Waals surface area contributed by atoms with Gasteiger partial charge in [0.15, 0.2) is 0 Å². The number of amides is 4. The van der Waals surface area contributed by atoms with Crippen LogP contribution in [-0.4, -0.2) is 71.3 Å². The molecule has 0 saturated carbocycles. The number of carboxylic acid groups (broad SMARTS) is 1. The lowest BCUT2D eigenvalue weighted by molar-refractivity contribution is -0.151. The van der Waals surface area contributed by atoms with Crippen molar-refractivity contribution in [2.75, 3.05) is 31.1 Å². The first-order chi connectivity index (χ1) is 15.8. The highest BCUT2D eigenvalue weighted by molar-refractivity contribution is 6.36. The van der Waals surface area contributed by atoms with E-state index in [9.17, 15) is 24.3 Å². The maximum Gasteiger partial charge on any atom is 0.434 e. The molecule has 2 fully saturated rings. The Labute approximate surface area is 194 Å². The second-order valence-corrected chi connectivity index (χ2v) is 7.98. The van der Waals surface area contributed by atoms with Crippen LogP contribution in [0.2, 0.25) is 5.02 Å². The van der Waals surface area contributed by atoms with E-state index in [4.69, 9.17) is 16.4 Å². The van der Waals surface area contributed by atoms with E-state index in [1.165, 1.54) is 11.0 Å². The summed E-state index contributed by atoms with van der Waals surface area (Å²) < 4.78 is 0. The Morgan fingerprint density at radius 2 is 1.73 bits per heavy atom. The van der Waals surface area contributed by atoms with Gasteiger partial charge in [-0.3, -0.25) is 4.79 Å². The van der Waals surface area contributed by atoms with E-state index in [-0.39, 0.29) is 30.1 Å². The Kier molecular flexibility index (Phi) is 6.36. The number of benzene rings is 2. The van der Waals surface area contributed by atoms with Gasteiger partial charge in [0, 0.05) is 32.6 Å². The second-order valence-electron chi connectivity index (χ2n) is 7.60. The molecule has 0 unspecified atom stereocenters. The largest absolute Gasteiger partial charge is 0.478 e. The SMILES string of the molecule is O=C(O)c1cccc(N2CCN(C(=O)ON3C(=O)N[C@@H](Cc4ccccc4)C3=O)CC2)c1Cl. The summed E-state index contributed by atoms with van der Waals surface area (Å²) in [5.41, 5.74) is 1.42. The molecule has 2 heterocycles. The summed E-state index contributed by atoms with van der Waals surface area (Å²) in [4.78, 5) is 57.0. The molecule has 2 saturated heterocycles. The lowest BCUT2D eigenvalue weighted by Gasteiger charge is -2.36. The zero-order chi connectivity index (χ0) is 23.5. The molecule has 0 spiro atoms. The van der Waals surface area contributed by atoms with Gasteiger partial charge in [-0.05, 0) is 17.7 Å². The minimum Gasteiger partial charge on any atom is -0.478 e. The number of imide groups is 1. The third kappa shape index (κ3) is 4.70. The minimum atomic E-state index is -1.12.